The Balaban J connectivity index is 2.25. The average Bonchev–Trinajstić information content (AvgIpc) is 2.92. The van der Waals surface area contributed by atoms with Crippen molar-refractivity contribution in [3.05, 3.63) is 44.1 Å². The van der Waals surface area contributed by atoms with Crippen LogP contribution in [-0.2, 0) is 0 Å². The summed E-state index contributed by atoms with van der Waals surface area (Å²) in [5.41, 5.74) is 2.93. The molecular weight excluding hydrogens is 298 g/mol. The molecule has 2 heterocycles. The van der Waals surface area contributed by atoms with E-state index in [-0.39, 0.29) is 6.04 Å². The van der Waals surface area contributed by atoms with Crippen molar-refractivity contribution in [1.82, 2.24) is 14.5 Å². The number of fused-ring (bicyclic) bond motifs is 1. The smallest absolute Gasteiger partial charge is 0.178 e. The molecule has 0 bridgehead atoms. The first-order valence-electron chi connectivity index (χ1n) is 5.88. The molecule has 3 nitrogen and oxygen atoms in total. The summed E-state index contributed by atoms with van der Waals surface area (Å²) < 4.78 is 2.70. The Bertz CT molecular complexity index is 800. The van der Waals surface area contributed by atoms with Gasteiger partial charge in [0.1, 0.15) is 5.01 Å². The minimum absolute atomic E-state index is 0.0693. The number of halogens is 1. The minimum Gasteiger partial charge on any atom is -0.331 e. The summed E-state index contributed by atoms with van der Waals surface area (Å²) in [6.07, 6.45) is 0. The summed E-state index contributed by atoms with van der Waals surface area (Å²) in [4.78, 5) is 7.73. The van der Waals surface area contributed by atoms with Crippen LogP contribution in [0.2, 0.25) is 5.02 Å². The second kappa shape index (κ2) is 4.74. The summed E-state index contributed by atoms with van der Waals surface area (Å²) in [6, 6.07) is 5.84. The van der Waals surface area contributed by atoms with Gasteiger partial charge in [0.15, 0.2) is 4.77 Å². The van der Waals surface area contributed by atoms with E-state index in [0.717, 1.165) is 21.7 Å². The van der Waals surface area contributed by atoms with Crippen LogP contribution >= 0.6 is 35.2 Å². The maximum atomic E-state index is 6.31. The minimum atomic E-state index is 0.0693. The molecule has 0 radical (unpaired) electrons. The first kappa shape index (κ1) is 12.8. The van der Waals surface area contributed by atoms with Gasteiger partial charge < -0.3 is 9.55 Å². The number of imidazole rings is 1. The van der Waals surface area contributed by atoms with Gasteiger partial charge in [-0.3, -0.25) is 0 Å². The van der Waals surface area contributed by atoms with E-state index in [4.69, 9.17) is 23.8 Å². The van der Waals surface area contributed by atoms with Gasteiger partial charge in [0, 0.05) is 11.1 Å². The van der Waals surface area contributed by atoms with Crippen molar-refractivity contribution in [1.29, 1.82) is 0 Å². The lowest BCUT2D eigenvalue weighted by atomic mass is 10.3. The van der Waals surface area contributed by atoms with Crippen LogP contribution < -0.4 is 0 Å². The van der Waals surface area contributed by atoms with Gasteiger partial charge in [-0.25, -0.2) is 4.98 Å². The number of hydrogen-bond acceptors (Lipinski definition) is 3. The number of H-pyrrole nitrogens is 1. The van der Waals surface area contributed by atoms with E-state index in [0.29, 0.717) is 9.79 Å². The predicted octanol–water partition coefficient (Wildman–Crippen LogP) is 4.73. The van der Waals surface area contributed by atoms with Gasteiger partial charge in [-0.15, -0.1) is 11.3 Å². The third-order valence-electron chi connectivity index (χ3n) is 3.07. The van der Waals surface area contributed by atoms with Crippen LogP contribution in [0, 0.1) is 11.7 Å². The number of aromatic amines is 1. The standard InChI is InChI=1S/C13H12ClN3S2/c1-7-6-19-12(15-7)8(2)17-11-9(14)4-3-5-10(11)16-13(17)18/h3-6,8H,1-2H3,(H,16,18). The Labute approximate surface area is 124 Å². The number of aromatic nitrogens is 3. The van der Waals surface area contributed by atoms with Gasteiger partial charge in [-0.05, 0) is 38.2 Å². The molecule has 1 aromatic carbocycles. The van der Waals surface area contributed by atoms with Crippen molar-refractivity contribution in [2.45, 2.75) is 19.9 Å². The molecule has 98 valence electrons. The highest BCUT2D eigenvalue weighted by Crippen LogP contribution is 2.30. The SMILES string of the molecule is Cc1csc(C(C)n2c(=S)[nH]c3cccc(Cl)c32)n1. The molecule has 19 heavy (non-hydrogen) atoms. The molecule has 1 N–H and O–H groups in total. The molecule has 6 heteroatoms. The van der Waals surface area contributed by atoms with Crippen LogP contribution in [0.25, 0.3) is 11.0 Å². The third-order valence-corrected chi connectivity index (χ3v) is 4.81. The van der Waals surface area contributed by atoms with Gasteiger partial charge in [-0.1, -0.05) is 17.7 Å². The number of aryl methyl sites for hydroxylation is 1. The zero-order valence-corrected chi connectivity index (χ0v) is 12.9. The molecule has 1 unspecified atom stereocenters. The van der Waals surface area contributed by atoms with Crippen molar-refractivity contribution in [2.24, 2.45) is 0 Å². The van der Waals surface area contributed by atoms with Crippen molar-refractivity contribution in [3.63, 3.8) is 0 Å². The molecule has 0 aliphatic rings. The second-order valence-electron chi connectivity index (χ2n) is 4.44. The van der Waals surface area contributed by atoms with E-state index in [1.54, 1.807) is 11.3 Å². The number of nitrogens with one attached hydrogen (secondary N) is 1. The fourth-order valence-corrected chi connectivity index (χ4v) is 3.65. The zero-order chi connectivity index (χ0) is 13.6. The maximum absolute atomic E-state index is 6.31. The van der Waals surface area contributed by atoms with Crippen LogP contribution in [0.15, 0.2) is 23.6 Å². The molecular formula is C13H12ClN3S2. The van der Waals surface area contributed by atoms with Crippen LogP contribution in [0.3, 0.4) is 0 Å². The zero-order valence-electron chi connectivity index (χ0n) is 10.5. The van der Waals surface area contributed by atoms with E-state index >= 15 is 0 Å². The van der Waals surface area contributed by atoms with E-state index in [1.807, 2.05) is 35.1 Å². The number of benzene rings is 1. The number of thiazole rings is 1. The average molecular weight is 310 g/mol. The van der Waals surface area contributed by atoms with Gasteiger partial charge in [0.2, 0.25) is 0 Å². The van der Waals surface area contributed by atoms with Crippen molar-refractivity contribution in [2.75, 3.05) is 0 Å². The predicted molar refractivity (Wildman–Crippen MR) is 82.8 cm³/mol. The van der Waals surface area contributed by atoms with E-state index in [9.17, 15) is 0 Å². The van der Waals surface area contributed by atoms with E-state index < -0.39 is 0 Å². The van der Waals surface area contributed by atoms with Crippen molar-refractivity contribution < 1.29 is 0 Å². The molecule has 1 atom stereocenters. The monoisotopic (exact) mass is 309 g/mol. The van der Waals surface area contributed by atoms with E-state index in [2.05, 4.69) is 16.9 Å². The van der Waals surface area contributed by atoms with Crippen molar-refractivity contribution >= 4 is 46.2 Å². The van der Waals surface area contributed by atoms with Crippen LogP contribution in [0.1, 0.15) is 23.7 Å². The van der Waals surface area contributed by atoms with E-state index in [1.165, 1.54) is 0 Å². The van der Waals surface area contributed by atoms with Gasteiger partial charge >= 0.3 is 0 Å². The Kier molecular flexibility index (Phi) is 3.20. The summed E-state index contributed by atoms with van der Waals surface area (Å²) >= 11 is 13.4. The molecule has 3 rings (SSSR count). The lowest BCUT2D eigenvalue weighted by molar-refractivity contribution is 0.643. The molecule has 0 amide bonds. The Morgan fingerprint density at radius 3 is 2.95 bits per heavy atom. The molecule has 0 saturated heterocycles. The normalized spacial score (nSPS) is 13.0. The first-order chi connectivity index (χ1) is 9.08. The maximum Gasteiger partial charge on any atom is 0.178 e. The Morgan fingerprint density at radius 1 is 1.47 bits per heavy atom. The molecule has 0 spiro atoms. The number of para-hydroxylation sites is 1. The lowest BCUT2D eigenvalue weighted by Crippen LogP contribution is -2.06. The largest absolute Gasteiger partial charge is 0.331 e. The number of nitrogens with zero attached hydrogens (tertiary/aromatic N) is 2. The summed E-state index contributed by atoms with van der Waals surface area (Å²) in [5, 5.41) is 3.78. The fraction of sp³-hybridized carbons (Fsp3) is 0.231. The molecule has 0 aliphatic carbocycles. The molecule has 3 aromatic rings. The van der Waals surface area contributed by atoms with Crippen LogP contribution in [0.4, 0.5) is 0 Å². The molecule has 0 aliphatic heterocycles. The first-order valence-corrected chi connectivity index (χ1v) is 7.55. The van der Waals surface area contributed by atoms with Gasteiger partial charge in [0.25, 0.3) is 0 Å². The lowest BCUT2D eigenvalue weighted by Gasteiger charge is -2.12. The molecule has 0 saturated carbocycles. The summed E-state index contributed by atoms with van der Waals surface area (Å²) in [5.74, 6) is 0. The van der Waals surface area contributed by atoms with Gasteiger partial charge in [-0.2, -0.15) is 0 Å². The Morgan fingerprint density at radius 2 is 2.26 bits per heavy atom. The topological polar surface area (TPSA) is 33.6 Å². The number of rotatable bonds is 2. The Hall–Kier alpha value is -1.17. The quantitative estimate of drug-likeness (QED) is 0.694. The highest BCUT2D eigenvalue weighted by molar-refractivity contribution is 7.71. The third kappa shape index (κ3) is 2.12. The van der Waals surface area contributed by atoms with Crippen LogP contribution in [0.5, 0.6) is 0 Å². The summed E-state index contributed by atoms with van der Waals surface area (Å²) in [7, 11) is 0. The highest BCUT2D eigenvalue weighted by atomic mass is 35.5. The fourth-order valence-electron chi connectivity index (χ4n) is 2.18. The molecule has 2 aromatic heterocycles. The highest BCUT2D eigenvalue weighted by Gasteiger charge is 2.17. The number of hydrogen-bond donors (Lipinski definition) is 1. The van der Waals surface area contributed by atoms with Crippen molar-refractivity contribution in [3.8, 4) is 0 Å². The second-order valence-corrected chi connectivity index (χ2v) is 6.12. The molecule has 0 fully saturated rings. The van der Waals surface area contributed by atoms with Crippen LogP contribution in [-0.4, -0.2) is 14.5 Å². The summed E-state index contributed by atoms with van der Waals surface area (Å²) in [6.45, 7) is 4.08. The van der Waals surface area contributed by atoms with Gasteiger partial charge in [0.05, 0.1) is 22.1 Å².